The predicted molar refractivity (Wildman–Crippen MR) is 71.7 cm³/mol. The lowest BCUT2D eigenvalue weighted by molar-refractivity contribution is 0.167. The summed E-state index contributed by atoms with van der Waals surface area (Å²) >= 11 is 0. The predicted octanol–water partition coefficient (Wildman–Crippen LogP) is 3.30. The zero-order valence-electron chi connectivity index (χ0n) is 11.5. The Morgan fingerprint density at radius 1 is 1.00 bits per heavy atom. The Bertz CT molecular complexity index is 139. The van der Waals surface area contributed by atoms with Crippen LogP contribution >= 0.6 is 0 Å². The Labute approximate surface area is 102 Å². The fourth-order valence-electron chi connectivity index (χ4n) is 2.10. The second-order valence-electron chi connectivity index (χ2n) is 4.79. The summed E-state index contributed by atoms with van der Waals surface area (Å²) in [4.78, 5) is 2.44. The highest BCUT2D eigenvalue weighted by Crippen LogP contribution is 2.14. The van der Waals surface area contributed by atoms with Gasteiger partial charge in [0.2, 0.25) is 0 Å². The van der Waals surface area contributed by atoms with Crippen molar-refractivity contribution in [2.45, 2.75) is 59.3 Å². The molecule has 2 heteroatoms. The molecule has 0 saturated heterocycles. The van der Waals surface area contributed by atoms with Crippen LogP contribution in [0, 0.1) is 5.92 Å². The van der Waals surface area contributed by atoms with Crippen molar-refractivity contribution in [1.82, 2.24) is 4.90 Å². The van der Waals surface area contributed by atoms with E-state index in [0.717, 1.165) is 19.0 Å². The third-order valence-corrected chi connectivity index (χ3v) is 3.30. The van der Waals surface area contributed by atoms with Crippen molar-refractivity contribution >= 4 is 0 Å². The fraction of sp³-hybridized carbons (Fsp3) is 1.00. The van der Waals surface area contributed by atoms with Crippen LogP contribution in [0.3, 0.4) is 0 Å². The second-order valence-corrected chi connectivity index (χ2v) is 4.79. The van der Waals surface area contributed by atoms with Gasteiger partial charge >= 0.3 is 0 Å². The van der Waals surface area contributed by atoms with E-state index in [0.29, 0.717) is 6.61 Å². The number of rotatable bonds is 11. The van der Waals surface area contributed by atoms with Gasteiger partial charge in [-0.05, 0) is 25.3 Å². The van der Waals surface area contributed by atoms with Crippen molar-refractivity contribution in [2.75, 3.05) is 26.2 Å². The zero-order chi connectivity index (χ0) is 12.2. The summed E-state index contributed by atoms with van der Waals surface area (Å²) in [5.74, 6) is 0.823. The Morgan fingerprint density at radius 3 is 2.19 bits per heavy atom. The van der Waals surface area contributed by atoms with E-state index in [9.17, 15) is 0 Å². The molecule has 0 aliphatic heterocycles. The van der Waals surface area contributed by atoms with Crippen LogP contribution in [0.1, 0.15) is 59.3 Å². The van der Waals surface area contributed by atoms with Crippen LogP contribution in [0.4, 0.5) is 0 Å². The van der Waals surface area contributed by atoms with Crippen molar-refractivity contribution in [3.05, 3.63) is 0 Å². The highest BCUT2D eigenvalue weighted by Gasteiger charge is 2.11. The summed E-state index contributed by atoms with van der Waals surface area (Å²) < 4.78 is 0. The van der Waals surface area contributed by atoms with Gasteiger partial charge in [0, 0.05) is 13.1 Å². The molecule has 98 valence electrons. The molecule has 0 radical (unpaired) electrons. The zero-order valence-corrected chi connectivity index (χ0v) is 11.5. The summed E-state index contributed by atoms with van der Waals surface area (Å²) in [5.41, 5.74) is 0. The van der Waals surface area contributed by atoms with Crippen molar-refractivity contribution in [3.63, 3.8) is 0 Å². The maximum Gasteiger partial charge on any atom is 0.0558 e. The molecule has 16 heavy (non-hydrogen) atoms. The molecule has 1 unspecified atom stereocenters. The van der Waals surface area contributed by atoms with E-state index in [-0.39, 0.29) is 0 Å². The number of hydrogen-bond donors (Lipinski definition) is 1. The molecule has 0 heterocycles. The van der Waals surface area contributed by atoms with Gasteiger partial charge in [0.15, 0.2) is 0 Å². The van der Waals surface area contributed by atoms with Gasteiger partial charge in [-0.25, -0.2) is 0 Å². The van der Waals surface area contributed by atoms with Crippen LogP contribution < -0.4 is 0 Å². The van der Waals surface area contributed by atoms with Crippen LogP contribution in [0.15, 0.2) is 0 Å². The molecule has 1 atom stereocenters. The van der Waals surface area contributed by atoms with E-state index in [1.54, 1.807) is 0 Å². The number of aliphatic hydroxyl groups excluding tert-OH is 1. The van der Waals surface area contributed by atoms with E-state index in [2.05, 4.69) is 25.7 Å². The maximum absolute atomic E-state index is 9.06. The van der Waals surface area contributed by atoms with E-state index >= 15 is 0 Å². The van der Waals surface area contributed by atoms with E-state index in [4.69, 9.17) is 5.11 Å². The van der Waals surface area contributed by atoms with Crippen LogP contribution in [0.5, 0.6) is 0 Å². The number of aliphatic hydroxyl groups is 1. The van der Waals surface area contributed by atoms with E-state index in [1.807, 2.05) is 0 Å². The summed E-state index contributed by atoms with van der Waals surface area (Å²) in [6.45, 7) is 10.3. The number of hydrogen-bond acceptors (Lipinski definition) is 2. The molecule has 0 aliphatic carbocycles. The Hall–Kier alpha value is -0.0800. The van der Waals surface area contributed by atoms with Crippen LogP contribution in [-0.2, 0) is 0 Å². The number of nitrogens with zero attached hydrogens (tertiary/aromatic N) is 1. The van der Waals surface area contributed by atoms with Gasteiger partial charge < -0.3 is 10.0 Å². The van der Waals surface area contributed by atoms with Gasteiger partial charge in [0.05, 0.1) is 6.61 Å². The lowest BCUT2D eigenvalue weighted by Crippen LogP contribution is -2.33. The van der Waals surface area contributed by atoms with Gasteiger partial charge in [-0.2, -0.15) is 0 Å². The monoisotopic (exact) mass is 229 g/mol. The summed E-state index contributed by atoms with van der Waals surface area (Å²) in [5, 5.41) is 9.06. The van der Waals surface area contributed by atoms with Gasteiger partial charge in [0.25, 0.3) is 0 Å². The Balaban J connectivity index is 3.90. The molecular formula is C14H31NO. The summed E-state index contributed by atoms with van der Waals surface area (Å²) in [7, 11) is 0. The molecule has 0 aromatic rings. The van der Waals surface area contributed by atoms with Gasteiger partial charge in [0.1, 0.15) is 0 Å². The molecule has 0 fully saturated rings. The van der Waals surface area contributed by atoms with Crippen molar-refractivity contribution in [1.29, 1.82) is 0 Å². The highest BCUT2D eigenvalue weighted by atomic mass is 16.3. The first-order valence-electron chi connectivity index (χ1n) is 7.11. The molecule has 0 aromatic carbocycles. The second kappa shape index (κ2) is 11.4. The van der Waals surface area contributed by atoms with Gasteiger partial charge in [-0.1, -0.05) is 46.5 Å². The Morgan fingerprint density at radius 2 is 1.69 bits per heavy atom. The molecule has 0 saturated carbocycles. The topological polar surface area (TPSA) is 23.5 Å². The minimum Gasteiger partial charge on any atom is -0.395 e. The molecule has 1 N–H and O–H groups in total. The molecule has 2 nitrogen and oxygen atoms in total. The fourth-order valence-corrected chi connectivity index (χ4v) is 2.10. The van der Waals surface area contributed by atoms with Crippen molar-refractivity contribution in [2.24, 2.45) is 5.92 Å². The van der Waals surface area contributed by atoms with Crippen LogP contribution in [0.25, 0.3) is 0 Å². The smallest absolute Gasteiger partial charge is 0.0558 e. The molecule has 0 aromatic heterocycles. The maximum atomic E-state index is 9.06. The normalized spacial score (nSPS) is 13.3. The minimum atomic E-state index is 0.300. The number of unbranched alkanes of at least 4 members (excludes halogenated alkanes) is 2. The Kier molecular flexibility index (Phi) is 11.3. The third-order valence-electron chi connectivity index (χ3n) is 3.30. The molecule has 0 rings (SSSR count). The lowest BCUT2D eigenvalue weighted by Gasteiger charge is -2.26. The molecule has 0 bridgehead atoms. The summed E-state index contributed by atoms with van der Waals surface area (Å²) in [6.07, 6.45) is 7.76. The first-order valence-corrected chi connectivity index (χ1v) is 7.11. The van der Waals surface area contributed by atoms with Crippen LogP contribution in [-0.4, -0.2) is 36.2 Å². The molecule has 0 amide bonds. The average molecular weight is 229 g/mol. The first-order chi connectivity index (χ1) is 7.78. The minimum absolute atomic E-state index is 0.300. The van der Waals surface area contributed by atoms with Gasteiger partial charge in [-0.15, -0.1) is 0 Å². The molecular weight excluding hydrogens is 198 g/mol. The quantitative estimate of drug-likeness (QED) is 0.587. The third kappa shape index (κ3) is 8.12. The average Bonchev–Trinajstić information content (AvgIpc) is 2.31. The van der Waals surface area contributed by atoms with Crippen LogP contribution in [0.2, 0.25) is 0 Å². The first kappa shape index (κ1) is 15.9. The highest BCUT2D eigenvalue weighted by molar-refractivity contribution is 4.65. The van der Waals surface area contributed by atoms with Crippen molar-refractivity contribution in [3.8, 4) is 0 Å². The molecule has 0 spiro atoms. The standard InChI is InChI=1S/C14H31NO/c1-4-7-9-14(6-3)13-15(11-12-16)10-8-5-2/h14,16H,4-13H2,1-3H3. The lowest BCUT2D eigenvalue weighted by atomic mass is 9.98. The van der Waals surface area contributed by atoms with E-state index < -0.39 is 0 Å². The van der Waals surface area contributed by atoms with Gasteiger partial charge in [-0.3, -0.25) is 0 Å². The summed E-state index contributed by atoms with van der Waals surface area (Å²) in [6, 6.07) is 0. The SMILES string of the molecule is CCCCC(CC)CN(CCO)CCCC. The van der Waals surface area contributed by atoms with E-state index in [1.165, 1.54) is 45.1 Å². The largest absolute Gasteiger partial charge is 0.395 e. The van der Waals surface area contributed by atoms with Crippen molar-refractivity contribution < 1.29 is 5.11 Å². The molecule has 0 aliphatic rings.